The van der Waals surface area contributed by atoms with Gasteiger partial charge in [0.1, 0.15) is 22.5 Å². The van der Waals surface area contributed by atoms with E-state index in [0.29, 0.717) is 38.5 Å². The van der Waals surface area contributed by atoms with Gasteiger partial charge in [-0.05, 0) is 84.8 Å². The second-order valence-electron chi connectivity index (χ2n) is 10.4. The number of amides is 3. The van der Waals surface area contributed by atoms with Crippen molar-refractivity contribution in [3.63, 3.8) is 0 Å². The summed E-state index contributed by atoms with van der Waals surface area (Å²) in [5, 5.41) is 7.58. The number of anilines is 2. The van der Waals surface area contributed by atoms with E-state index in [2.05, 4.69) is 31.9 Å². The fourth-order valence-corrected chi connectivity index (χ4v) is 6.02. The molecule has 48 heavy (non-hydrogen) atoms. The minimum atomic E-state index is -0.736. The average Bonchev–Trinajstić information content (AvgIpc) is 3.10. The standard InChI is InChI=1S/C38H31BrFN3O4S/c1-2-47-30-19-16-25(17-20-30)22-34(43-36(44)27-12-7-4-8-13-27)37(45)41-29-14-9-15-31(24-29)48-35(26-10-5-3-6-11-26)38(46)42-33-21-18-28(39)23-32(33)40/h3-24,35H,2H2,1H3,(H,41,45)(H,42,46)(H,43,44)/b34-22+. The summed E-state index contributed by atoms with van der Waals surface area (Å²) in [4.78, 5) is 40.9. The van der Waals surface area contributed by atoms with E-state index in [1.165, 1.54) is 23.9 Å². The number of nitrogens with one attached hydrogen (secondary N) is 3. The first-order valence-corrected chi connectivity index (χ1v) is 16.7. The van der Waals surface area contributed by atoms with Gasteiger partial charge in [-0.25, -0.2) is 4.39 Å². The molecule has 5 aromatic rings. The molecule has 0 radical (unpaired) electrons. The molecule has 0 fully saturated rings. The Kier molecular flexibility index (Phi) is 11.8. The first-order chi connectivity index (χ1) is 23.3. The van der Waals surface area contributed by atoms with Gasteiger partial charge in [0.15, 0.2) is 0 Å². The summed E-state index contributed by atoms with van der Waals surface area (Å²) in [5.41, 5.74) is 2.34. The Balaban J connectivity index is 1.38. The minimum absolute atomic E-state index is 0.0316. The average molecular weight is 725 g/mol. The summed E-state index contributed by atoms with van der Waals surface area (Å²) in [6.45, 7) is 2.42. The van der Waals surface area contributed by atoms with Crippen molar-refractivity contribution in [2.24, 2.45) is 0 Å². The Morgan fingerprint density at radius 2 is 1.54 bits per heavy atom. The molecule has 0 spiro atoms. The second kappa shape index (κ2) is 16.6. The summed E-state index contributed by atoms with van der Waals surface area (Å²) < 4.78 is 20.7. The van der Waals surface area contributed by atoms with Gasteiger partial charge in [0.2, 0.25) is 5.91 Å². The Morgan fingerprint density at radius 1 is 0.833 bits per heavy atom. The highest BCUT2D eigenvalue weighted by Crippen LogP contribution is 2.37. The lowest BCUT2D eigenvalue weighted by Gasteiger charge is -2.18. The molecule has 3 amide bonds. The van der Waals surface area contributed by atoms with Gasteiger partial charge < -0.3 is 20.7 Å². The lowest BCUT2D eigenvalue weighted by molar-refractivity contribution is -0.116. The van der Waals surface area contributed by atoms with Gasteiger partial charge in [-0.15, -0.1) is 11.8 Å². The zero-order valence-electron chi connectivity index (χ0n) is 25.8. The van der Waals surface area contributed by atoms with E-state index in [1.54, 1.807) is 84.9 Å². The highest BCUT2D eigenvalue weighted by atomic mass is 79.9. The summed E-state index contributed by atoms with van der Waals surface area (Å²) in [5.74, 6) is -1.27. The van der Waals surface area contributed by atoms with Crippen LogP contribution in [0.25, 0.3) is 6.08 Å². The van der Waals surface area contributed by atoms with Gasteiger partial charge in [-0.2, -0.15) is 0 Å². The summed E-state index contributed by atoms with van der Waals surface area (Å²) >= 11 is 4.49. The maximum Gasteiger partial charge on any atom is 0.272 e. The third kappa shape index (κ3) is 9.43. The monoisotopic (exact) mass is 723 g/mol. The third-order valence-corrected chi connectivity index (χ3v) is 8.65. The molecule has 5 aromatic carbocycles. The molecule has 10 heteroatoms. The molecule has 0 saturated carbocycles. The van der Waals surface area contributed by atoms with Gasteiger partial charge in [0, 0.05) is 20.6 Å². The van der Waals surface area contributed by atoms with Crippen molar-refractivity contribution in [3.8, 4) is 5.75 Å². The molecule has 242 valence electrons. The van der Waals surface area contributed by atoms with E-state index in [9.17, 15) is 18.8 Å². The molecule has 3 N–H and O–H groups in total. The van der Waals surface area contributed by atoms with Crippen LogP contribution >= 0.6 is 27.7 Å². The van der Waals surface area contributed by atoms with Gasteiger partial charge in [-0.1, -0.05) is 82.7 Å². The van der Waals surface area contributed by atoms with Crippen LogP contribution in [0.5, 0.6) is 5.75 Å². The van der Waals surface area contributed by atoms with Crippen LogP contribution in [-0.2, 0) is 9.59 Å². The zero-order valence-corrected chi connectivity index (χ0v) is 28.2. The molecule has 0 saturated heterocycles. The van der Waals surface area contributed by atoms with Crippen LogP contribution in [-0.4, -0.2) is 24.3 Å². The van der Waals surface area contributed by atoms with E-state index in [-0.39, 0.29) is 11.4 Å². The lowest BCUT2D eigenvalue weighted by Crippen LogP contribution is -2.30. The zero-order chi connectivity index (χ0) is 33.9. The predicted octanol–water partition coefficient (Wildman–Crippen LogP) is 8.87. The smallest absolute Gasteiger partial charge is 0.272 e. The third-order valence-electron chi connectivity index (χ3n) is 6.91. The number of hydrogen-bond acceptors (Lipinski definition) is 5. The van der Waals surface area contributed by atoms with E-state index in [4.69, 9.17) is 4.74 Å². The normalized spacial score (nSPS) is 11.7. The maximum absolute atomic E-state index is 14.6. The van der Waals surface area contributed by atoms with Crippen molar-refractivity contribution in [1.82, 2.24) is 5.32 Å². The Labute approximate surface area is 290 Å². The van der Waals surface area contributed by atoms with Crippen LogP contribution in [0.2, 0.25) is 0 Å². The van der Waals surface area contributed by atoms with E-state index in [1.807, 2.05) is 43.3 Å². The molecule has 0 aliphatic carbocycles. The number of rotatable bonds is 12. The lowest BCUT2D eigenvalue weighted by atomic mass is 10.1. The number of hydrogen-bond donors (Lipinski definition) is 3. The van der Waals surface area contributed by atoms with Gasteiger partial charge in [0.25, 0.3) is 11.8 Å². The molecule has 5 rings (SSSR count). The van der Waals surface area contributed by atoms with Crippen molar-refractivity contribution in [2.45, 2.75) is 17.1 Å². The van der Waals surface area contributed by atoms with Gasteiger partial charge in [0.05, 0.1) is 12.3 Å². The first kappa shape index (κ1) is 34.2. The highest BCUT2D eigenvalue weighted by Gasteiger charge is 2.24. The fourth-order valence-electron chi connectivity index (χ4n) is 4.61. The summed E-state index contributed by atoms with van der Waals surface area (Å²) in [7, 11) is 0. The SMILES string of the molecule is CCOc1ccc(/C=C(/NC(=O)c2ccccc2)C(=O)Nc2cccc(SC(C(=O)Nc3ccc(Br)cc3F)c3ccccc3)c2)cc1. The molecule has 0 aliphatic rings. The summed E-state index contributed by atoms with van der Waals surface area (Å²) in [6, 6.07) is 36.4. The number of carbonyl (C=O) groups excluding carboxylic acids is 3. The molecule has 0 aromatic heterocycles. The van der Waals surface area contributed by atoms with Crippen molar-refractivity contribution >= 4 is 62.9 Å². The number of benzene rings is 5. The van der Waals surface area contributed by atoms with Gasteiger partial charge in [-0.3, -0.25) is 14.4 Å². The molecule has 0 bridgehead atoms. The van der Waals surface area contributed by atoms with Crippen LogP contribution in [0.15, 0.2) is 142 Å². The van der Waals surface area contributed by atoms with Gasteiger partial charge >= 0.3 is 0 Å². The van der Waals surface area contributed by atoms with Crippen molar-refractivity contribution in [2.75, 3.05) is 17.2 Å². The largest absolute Gasteiger partial charge is 0.494 e. The van der Waals surface area contributed by atoms with E-state index < -0.39 is 28.8 Å². The Hall–Kier alpha value is -5.19. The predicted molar refractivity (Wildman–Crippen MR) is 192 cm³/mol. The molecule has 0 heterocycles. The number of halogens is 2. The molecule has 0 aliphatic heterocycles. The molecule has 7 nitrogen and oxygen atoms in total. The topological polar surface area (TPSA) is 96.5 Å². The van der Waals surface area contributed by atoms with E-state index in [0.717, 1.165) is 5.56 Å². The van der Waals surface area contributed by atoms with Crippen LogP contribution in [0, 0.1) is 5.82 Å². The Bertz CT molecular complexity index is 1920. The molecule has 1 atom stereocenters. The fraction of sp³-hybridized carbons (Fsp3) is 0.0789. The van der Waals surface area contributed by atoms with Crippen LogP contribution in [0.3, 0.4) is 0 Å². The number of carbonyl (C=O) groups is 3. The number of thioether (sulfide) groups is 1. The molecular formula is C38H31BrFN3O4S. The van der Waals surface area contributed by atoms with E-state index >= 15 is 0 Å². The van der Waals surface area contributed by atoms with Crippen molar-refractivity contribution in [3.05, 3.63) is 160 Å². The Morgan fingerprint density at radius 3 is 2.23 bits per heavy atom. The van der Waals surface area contributed by atoms with Crippen LogP contribution < -0.4 is 20.7 Å². The first-order valence-electron chi connectivity index (χ1n) is 15.0. The van der Waals surface area contributed by atoms with Crippen LogP contribution in [0.4, 0.5) is 15.8 Å². The van der Waals surface area contributed by atoms with Crippen LogP contribution in [0.1, 0.15) is 33.7 Å². The number of ether oxygens (including phenoxy) is 1. The highest BCUT2D eigenvalue weighted by molar-refractivity contribution is 9.10. The molecular weight excluding hydrogens is 693 g/mol. The minimum Gasteiger partial charge on any atom is -0.494 e. The molecule has 1 unspecified atom stereocenters. The maximum atomic E-state index is 14.6. The van der Waals surface area contributed by atoms with Crippen molar-refractivity contribution < 1.29 is 23.5 Å². The van der Waals surface area contributed by atoms with Crippen molar-refractivity contribution in [1.29, 1.82) is 0 Å². The quantitative estimate of drug-likeness (QED) is 0.0883. The second-order valence-corrected chi connectivity index (χ2v) is 12.5. The summed E-state index contributed by atoms with van der Waals surface area (Å²) in [6.07, 6.45) is 1.58.